The van der Waals surface area contributed by atoms with Gasteiger partial charge in [0.05, 0.1) is 0 Å². The first-order valence-corrected chi connectivity index (χ1v) is 11.4. The predicted octanol–water partition coefficient (Wildman–Crippen LogP) is 4.90. The highest BCUT2D eigenvalue weighted by molar-refractivity contribution is 7.13. The summed E-state index contributed by atoms with van der Waals surface area (Å²) in [6.45, 7) is 2.02. The largest absolute Gasteiger partial charge is 0.354 e. The standard InChI is InChI=1S/C23H25ClN4O2S/c1-16(13-14-17-7-3-2-4-8-17)25-20(29)11-6-12-21-27-28-23(31-21)22(30)26-19-10-5-9-18(24)15-19/h2-5,7-10,15-16H,6,11-14H2,1H3,(H,25,29)(H,26,30)/t16-/m1/s1. The van der Waals surface area contributed by atoms with Crippen molar-refractivity contribution >= 4 is 40.4 Å². The molecule has 162 valence electrons. The molecule has 6 nitrogen and oxygen atoms in total. The molecule has 0 aliphatic carbocycles. The lowest BCUT2D eigenvalue weighted by atomic mass is 10.1. The van der Waals surface area contributed by atoms with Crippen LogP contribution in [0.4, 0.5) is 5.69 Å². The number of amides is 2. The molecule has 0 fully saturated rings. The SMILES string of the molecule is C[C@H](CCc1ccccc1)NC(=O)CCCc1nnc(C(=O)Nc2cccc(Cl)c2)s1. The summed E-state index contributed by atoms with van der Waals surface area (Å²) >= 11 is 7.17. The summed E-state index contributed by atoms with van der Waals surface area (Å²) < 4.78 is 0. The van der Waals surface area contributed by atoms with E-state index in [2.05, 4.69) is 33.0 Å². The van der Waals surface area contributed by atoms with Gasteiger partial charge in [-0.2, -0.15) is 0 Å². The fourth-order valence-corrected chi connectivity index (χ4v) is 4.01. The Balaban J connectivity index is 1.37. The Morgan fingerprint density at radius 1 is 1.06 bits per heavy atom. The van der Waals surface area contributed by atoms with Crippen molar-refractivity contribution in [2.75, 3.05) is 5.32 Å². The van der Waals surface area contributed by atoms with E-state index in [0.717, 1.165) is 17.8 Å². The Morgan fingerprint density at radius 2 is 1.87 bits per heavy atom. The second-order valence-electron chi connectivity index (χ2n) is 7.31. The van der Waals surface area contributed by atoms with Gasteiger partial charge in [-0.1, -0.05) is 59.3 Å². The number of halogens is 1. The second-order valence-corrected chi connectivity index (χ2v) is 8.81. The van der Waals surface area contributed by atoms with Crippen molar-refractivity contribution < 1.29 is 9.59 Å². The minimum absolute atomic E-state index is 0.0315. The second kappa shape index (κ2) is 11.6. The Bertz CT molecular complexity index is 1010. The lowest BCUT2D eigenvalue weighted by molar-refractivity contribution is -0.121. The van der Waals surface area contributed by atoms with Crippen LogP contribution in [-0.4, -0.2) is 28.1 Å². The van der Waals surface area contributed by atoms with Crippen LogP contribution in [0.5, 0.6) is 0 Å². The van der Waals surface area contributed by atoms with Crippen LogP contribution in [0.25, 0.3) is 0 Å². The number of carbonyl (C=O) groups excluding carboxylic acids is 2. The average molecular weight is 457 g/mol. The first-order valence-electron chi connectivity index (χ1n) is 10.2. The zero-order valence-electron chi connectivity index (χ0n) is 17.3. The van der Waals surface area contributed by atoms with Crippen molar-refractivity contribution in [2.45, 2.75) is 45.1 Å². The van der Waals surface area contributed by atoms with Crippen molar-refractivity contribution in [3.8, 4) is 0 Å². The van der Waals surface area contributed by atoms with Crippen LogP contribution in [0.2, 0.25) is 5.02 Å². The third kappa shape index (κ3) is 7.77. The molecule has 0 spiro atoms. The molecule has 31 heavy (non-hydrogen) atoms. The molecule has 0 bridgehead atoms. The van der Waals surface area contributed by atoms with Gasteiger partial charge in [-0.15, -0.1) is 10.2 Å². The zero-order valence-corrected chi connectivity index (χ0v) is 18.9. The van der Waals surface area contributed by atoms with Gasteiger partial charge in [-0.25, -0.2) is 0 Å². The molecule has 0 unspecified atom stereocenters. The van der Waals surface area contributed by atoms with E-state index in [-0.39, 0.29) is 22.9 Å². The Morgan fingerprint density at radius 3 is 2.65 bits per heavy atom. The van der Waals surface area contributed by atoms with E-state index in [1.807, 2.05) is 25.1 Å². The monoisotopic (exact) mass is 456 g/mol. The van der Waals surface area contributed by atoms with Crippen LogP contribution >= 0.6 is 22.9 Å². The van der Waals surface area contributed by atoms with Crippen molar-refractivity contribution in [1.82, 2.24) is 15.5 Å². The van der Waals surface area contributed by atoms with Gasteiger partial charge < -0.3 is 10.6 Å². The van der Waals surface area contributed by atoms with E-state index >= 15 is 0 Å². The van der Waals surface area contributed by atoms with Gasteiger partial charge in [-0.3, -0.25) is 9.59 Å². The molecule has 0 aliphatic heterocycles. The predicted molar refractivity (Wildman–Crippen MR) is 125 cm³/mol. The molecule has 3 aromatic rings. The third-order valence-electron chi connectivity index (χ3n) is 4.65. The molecular weight excluding hydrogens is 432 g/mol. The Hall–Kier alpha value is -2.77. The van der Waals surface area contributed by atoms with E-state index in [9.17, 15) is 9.59 Å². The van der Waals surface area contributed by atoms with Gasteiger partial charge in [0.1, 0.15) is 5.01 Å². The normalized spacial score (nSPS) is 11.7. The maximum Gasteiger partial charge on any atom is 0.286 e. The molecular formula is C23H25ClN4O2S. The van der Waals surface area contributed by atoms with Crippen LogP contribution in [-0.2, 0) is 17.6 Å². The summed E-state index contributed by atoms with van der Waals surface area (Å²) in [5, 5.41) is 15.4. The van der Waals surface area contributed by atoms with E-state index in [0.29, 0.717) is 30.0 Å². The van der Waals surface area contributed by atoms with Gasteiger partial charge in [0, 0.05) is 29.6 Å². The molecule has 2 N–H and O–H groups in total. The highest BCUT2D eigenvalue weighted by atomic mass is 35.5. The van der Waals surface area contributed by atoms with Gasteiger partial charge in [-0.05, 0) is 49.9 Å². The van der Waals surface area contributed by atoms with Crippen molar-refractivity contribution in [2.24, 2.45) is 0 Å². The van der Waals surface area contributed by atoms with Crippen LogP contribution in [0.1, 0.15) is 46.6 Å². The minimum atomic E-state index is -0.323. The van der Waals surface area contributed by atoms with Gasteiger partial charge in [0.25, 0.3) is 5.91 Å². The number of aromatic nitrogens is 2. The molecule has 8 heteroatoms. The molecule has 0 saturated carbocycles. The highest BCUT2D eigenvalue weighted by Gasteiger charge is 2.14. The number of hydrogen-bond acceptors (Lipinski definition) is 5. The quantitative estimate of drug-likeness (QED) is 0.454. The number of anilines is 1. The molecule has 1 atom stereocenters. The minimum Gasteiger partial charge on any atom is -0.354 e. The Labute approximate surface area is 191 Å². The number of aryl methyl sites for hydroxylation is 2. The van der Waals surface area contributed by atoms with Crippen LogP contribution in [0.3, 0.4) is 0 Å². The summed E-state index contributed by atoms with van der Waals surface area (Å²) in [4.78, 5) is 24.5. The molecule has 1 aromatic heterocycles. The number of hydrogen-bond donors (Lipinski definition) is 2. The van der Waals surface area contributed by atoms with Gasteiger partial charge in [0.2, 0.25) is 10.9 Å². The number of nitrogens with zero attached hydrogens (tertiary/aromatic N) is 2. The van der Waals surface area contributed by atoms with Crippen molar-refractivity contribution in [1.29, 1.82) is 0 Å². The zero-order chi connectivity index (χ0) is 22.1. The molecule has 1 heterocycles. The average Bonchev–Trinajstić information content (AvgIpc) is 3.22. The van der Waals surface area contributed by atoms with Crippen LogP contribution in [0.15, 0.2) is 54.6 Å². The molecule has 0 saturated heterocycles. The number of benzene rings is 2. The summed E-state index contributed by atoms with van der Waals surface area (Å²) in [5.74, 6) is -0.292. The van der Waals surface area contributed by atoms with E-state index in [1.165, 1.54) is 16.9 Å². The van der Waals surface area contributed by atoms with E-state index in [1.54, 1.807) is 24.3 Å². The molecule has 0 radical (unpaired) electrons. The Kier molecular flexibility index (Phi) is 8.55. The molecule has 2 aromatic carbocycles. The van der Waals surface area contributed by atoms with E-state index < -0.39 is 0 Å². The maximum absolute atomic E-state index is 12.3. The topological polar surface area (TPSA) is 84.0 Å². The third-order valence-corrected chi connectivity index (χ3v) is 5.87. The number of carbonyl (C=O) groups is 2. The smallest absolute Gasteiger partial charge is 0.286 e. The van der Waals surface area contributed by atoms with Gasteiger partial charge >= 0.3 is 0 Å². The van der Waals surface area contributed by atoms with Crippen LogP contribution < -0.4 is 10.6 Å². The molecule has 2 amide bonds. The number of nitrogens with one attached hydrogen (secondary N) is 2. The maximum atomic E-state index is 12.3. The lowest BCUT2D eigenvalue weighted by Crippen LogP contribution is -2.32. The van der Waals surface area contributed by atoms with E-state index in [4.69, 9.17) is 11.6 Å². The fraction of sp³-hybridized carbons (Fsp3) is 0.304. The first kappa shape index (κ1) is 22.9. The molecule has 3 rings (SSSR count). The van der Waals surface area contributed by atoms with Crippen molar-refractivity contribution in [3.63, 3.8) is 0 Å². The number of rotatable bonds is 10. The summed E-state index contributed by atoms with van der Waals surface area (Å²) in [5.41, 5.74) is 1.88. The van der Waals surface area contributed by atoms with Crippen molar-refractivity contribution in [3.05, 3.63) is 75.2 Å². The summed E-state index contributed by atoms with van der Waals surface area (Å²) in [6.07, 6.45) is 3.51. The highest BCUT2D eigenvalue weighted by Crippen LogP contribution is 2.18. The lowest BCUT2D eigenvalue weighted by Gasteiger charge is -2.13. The first-order chi connectivity index (χ1) is 15.0. The fourth-order valence-electron chi connectivity index (χ4n) is 3.04. The van der Waals surface area contributed by atoms with Gasteiger partial charge in [0.15, 0.2) is 0 Å². The summed E-state index contributed by atoms with van der Waals surface area (Å²) in [7, 11) is 0. The molecule has 0 aliphatic rings. The van der Waals surface area contributed by atoms with Crippen LogP contribution in [0, 0.1) is 0 Å². The summed E-state index contributed by atoms with van der Waals surface area (Å²) in [6, 6.07) is 17.3.